The second-order valence-corrected chi connectivity index (χ2v) is 5.25. The zero-order chi connectivity index (χ0) is 12.6. The van der Waals surface area contributed by atoms with Gasteiger partial charge in [-0.2, -0.15) is 4.98 Å². The molecule has 0 amide bonds. The average Bonchev–Trinajstić information content (AvgIpc) is 2.60. The molecule has 0 aliphatic rings. The molecule has 6 nitrogen and oxygen atoms in total. The van der Waals surface area contributed by atoms with Crippen molar-refractivity contribution in [3.05, 3.63) is 22.8 Å². The van der Waals surface area contributed by atoms with Crippen LogP contribution in [0, 0.1) is 0 Å². The first-order valence-electron chi connectivity index (χ1n) is 4.96. The molecule has 0 unspecified atom stereocenters. The first-order chi connectivity index (χ1) is 7.87. The lowest BCUT2D eigenvalue weighted by Gasteiger charge is -2.17. The van der Waals surface area contributed by atoms with Gasteiger partial charge in [0.25, 0.3) is 5.82 Å². The van der Waals surface area contributed by atoms with E-state index >= 15 is 0 Å². The minimum Gasteiger partial charge on any atom is -0.454 e. The van der Waals surface area contributed by atoms with Crippen LogP contribution in [-0.2, 0) is 4.74 Å². The number of nitrogens with zero attached hydrogens (tertiary/aromatic N) is 4. The van der Waals surface area contributed by atoms with Crippen LogP contribution >= 0.6 is 15.9 Å². The molecule has 0 saturated heterocycles. The van der Waals surface area contributed by atoms with Gasteiger partial charge in [-0.15, -0.1) is 5.10 Å². The highest BCUT2D eigenvalue weighted by atomic mass is 79.9. The Morgan fingerprint density at radius 2 is 2.12 bits per heavy atom. The van der Waals surface area contributed by atoms with Crippen LogP contribution in [0.4, 0.5) is 0 Å². The number of esters is 1. The van der Waals surface area contributed by atoms with E-state index in [1.54, 1.807) is 27.0 Å². The summed E-state index contributed by atoms with van der Waals surface area (Å²) in [4.78, 5) is 19.7. The Labute approximate surface area is 106 Å². The Hall–Kier alpha value is -1.50. The molecule has 2 heterocycles. The normalized spacial score (nSPS) is 11.8. The molecule has 0 atom stereocenters. The van der Waals surface area contributed by atoms with Crippen molar-refractivity contribution in [2.24, 2.45) is 0 Å². The number of hydrogen-bond acceptors (Lipinski definition) is 5. The first kappa shape index (κ1) is 12.0. The molecule has 0 bridgehead atoms. The van der Waals surface area contributed by atoms with E-state index in [4.69, 9.17) is 4.74 Å². The summed E-state index contributed by atoms with van der Waals surface area (Å²) < 4.78 is 7.28. The van der Waals surface area contributed by atoms with Crippen molar-refractivity contribution < 1.29 is 9.53 Å². The standard InChI is InChI=1S/C10H11BrN4O2/c1-10(2,3)17-9(16)8-13-7-5-12-4-6(11)15(7)14-8/h4-5H,1-3H3. The van der Waals surface area contributed by atoms with Crippen LogP contribution in [0.1, 0.15) is 31.4 Å². The molecule has 90 valence electrons. The Balaban J connectivity index is 2.37. The van der Waals surface area contributed by atoms with E-state index < -0.39 is 11.6 Å². The lowest BCUT2D eigenvalue weighted by molar-refractivity contribution is 0.00560. The largest absolute Gasteiger partial charge is 0.454 e. The fraction of sp³-hybridized carbons (Fsp3) is 0.400. The van der Waals surface area contributed by atoms with E-state index in [1.807, 2.05) is 0 Å². The molecule has 2 rings (SSSR count). The van der Waals surface area contributed by atoms with Crippen molar-refractivity contribution in [2.75, 3.05) is 0 Å². The van der Waals surface area contributed by atoms with Crippen molar-refractivity contribution in [3.8, 4) is 0 Å². The number of carbonyl (C=O) groups is 1. The zero-order valence-corrected chi connectivity index (χ0v) is 11.2. The molecule has 2 aromatic heterocycles. The number of aromatic nitrogens is 4. The summed E-state index contributed by atoms with van der Waals surface area (Å²) in [6.45, 7) is 5.37. The third-order valence-electron chi connectivity index (χ3n) is 1.79. The van der Waals surface area contributed by atoms with Gasteiger partial charge in [0.05, 0.1) is 12.4 Å². The van der Waals surface area contributed by atoms with Gasteiger partial charge in [0.2, 0.25) is 0 Å². The van der Waals surface area contributed by atoms with Crippen LogP contribution < -0.4 is 0 Å². The maximum atomic E-state index is 11.7. The van der Waals surface area contributed by atoms with Crippen LogP contribution in [0.3, 0.4) is 0 Å². The molecule has 0 aromatic carbocycles. The summed E-state index contributed by atoms with van der Waals surface area (Å²) in [5.41, 5.74) is -0.0791. The molecule has 0 fully saturated rings. The Kier molecular flexibility index (Phi) is 2.86. The molecular weight excluding hydrogens is 288 g/mol. The number of hydrogen-bond donors (Lipinski definition) is 0. The van der Waals surface area contributed by atoms with E-state index in [1.165, 1.54) is 10.7 Å². The maximum absolute atomic E-state index is 11.7. The Morgan fingerprint density at radius 1 is 1.41 bits per heavy atom. The molecule has 0 radical (unpaired) electrons. The molecule has 0 aliphatic carbocycles. The van der Waals surface area contributed by atoms with E-state index in [-0.39, 0.29) is 5.82 Å². The Morgan fingerprint density at radius 3 is 2.71 bits per heavy atom. The quantitative estimate of drug-likeness (QED) is 0.752. The van der Waals surface area contributed by atoms with Crippen LogP contribution in [0.15, 0.2) is 17.0 Å². The lowest BCUT2D eigenvalue weighted by Crippen LogP contribution is -2.24. The molecular formula is C10H11BrN4O2. The predicted octanol–water partition coefficient (Wildman–Crippen LogP) is 1.84. The fourth-order valence-electron chi connectivity index (χ4n) is 1.20. The minimum absolute atomic E-state index is 0.0219. The van der Waals surface area contributed by atoms with Crippen molar-refractivity contribution in [2.45, 2.75) is 26.4 Å². The molecule has 7 heteroatoms. The second-order valence-electron chi connectivity index (χ2n) is 4.44. The van der Waals surface area contributed by atoms with Crippen molar-refractivity contribution >= 4 is 27.5 Å². The topological polar surface area (TPSA) is 69.4 Å². The second kappa shape index (κ2) is 4.06. The van der Waals surface area contributed by atoms with Gasteiger partial charge >= 0.3 is 5.97 Å². The average molecular weight is 299 g/mol. The monoisotopic (exact) mass is 298 g/mol. The summed E-state index contributed by atoms with van der Waals surface area (Å²) in [5.74, 6) is -0.526. The van der Waals surface area contributed by atoms with Crippen molar-refractivity contribution in [3.63, 3.8) is 0 Å². The van der Waals surface area contributed by atoms with Gasteiger partial charge in [-0.25, -0.2) is 9.31 Å². The summed E-state index contributed by atoms with van der Waals surface area (Å²) >= 11 is 3.27. The SMILES string of the molecule is CC(C)(C)OC(=O)c1nc2cncc(Br)n2n1. The summed E-state index contributed by atoms with van der Waals surface area (Å²) in [6.07, 6.45) is 3.09. The van der Waals surface area contributed by atoms with Gasteiger partial charge in [-0.05, 0) is 36.7 Å². The van der Waals surface area contributed by atoms with Gasteiger partial charge in [0.1, 0.15) is 10.2 Å². The van der Waals surface area contributed by atoms with Crippen molar-refractivity contribution in [1.29, 1.82) is 0 Å². The summed E-state index contributed by atoms with van der Waals surface area (Å²) in [6, 6.07) is 0. The first-order valence-corrected chi connectivity index (χ1v) is 5.76. The van der Waals surface area contributed by atoms with Gasteiger partial charge < -0.3 is 4.74 Å². The number of fused-ring (bicyclic) bond motifs is 1. The molecule has 2 aromatic rings. The number of rotatable bonds is 1. The smallest absolute Gasteiger partial charge is 0.378 e. The number of carbonyl (C=O) groups excluding carboxylic acids is 1. The number of halogens is 1. The predicted molar refractivity (Wildman–Crippen MR) is 63.7 cm³/mol. The highest BCUT2D eigenvalue weighted by molar-refractivity contribution is 9.10. The highest BCUT2D eigenvalue weighted by Crippen LogP contribution is 2.13. The highest BCUT2D eigenvalue weighted by Gasteiger charge is 2.22. The molecule has 0 aliphatic heterocycles. The van der Waals surface area contributed by atoms with Crippen LogP contribution in [0.25, 0.3) is 5.65 Å². The maximum Gasteiger partial charge on any atom is 0.378 e. The molecule has 0 saturated carbocycles. The third-order valence-corrected chi connectivity index (χ3v) is 2.33. The van der Waals surface area contributed by atoms with E-state index in [2.05, 4.69) is 31.0 Å². The van der Waals surface area contributed by atoms with E-state index in [0.717, 1.165) is 0 Å². The summed E-state index contributed by atoms with van der Waals surface area (Å²) in [5, 5.41) is 4.04. The number of ether oxygens (including phenoxy) is 1. The van der Waals surface area contributed by atoms with Gasteiger partial charge in [-0.3, -0.25) is 4.98 Å². The van der Waals surface area contributed by atoms with Gasteiger partial charge in [0.15, 0.2) is 5.65 Å². The minimum atomic E-state index is -0.565. The van der Waals surface area contributed by atoms with Crippen LogP contribution in [-0.4, -0.2) is 31.2 Å². The van der Waals surface area contributed by atoms with Crippen molar-refractivity contribution in [1.82, 2.24) is 19.6 Å². The molecule has 0 N–H and O–H groups in total. The lowest BCUT2D eigenvalue weighted by atomic mass is 10.2. The Bertz CT molecular complexity index is 573. The molecule has 0 spiro atoms. The van der Waals surface area contributed by atoms with Gasteiger partial charge in [-0.1, -0.05) is 0 Å². The zero-order valence-electron chi connectivity index (χ0n) is 9.64. The van der Waals surface area contributed by atoms with Gasteiger partial charge in [0, 0.05) is 0 Å². The van der Waals surface area contributed by atoms with Crippen LogP contribution in [0.5, 0.6) is 0 Å². The molecule has 17 heavy (non-hydrogen) atoms. The fourth-order valence-corrected chi connectivity index (χ4v) is 1.57. The summed E-state index contributed by atoms with van der Waals surface area (Å²) in [7, 11) is 0. The van der Waals surface area contributed by atoms with Crippen LogP contribution in [0.2, 0.25) is 0 Å². The third kappa shape index (κ3) is 2.60. The van der Waals surface area contributed by atoms with E-state index in [0.29, 0.717) is 10.3 Å². The van der Waals surface area contributed by atoms with E-state index in [9.17, 15) is 4.79 Å².